The van der Waals surface area contributed by atoms with Crippen LogP contribution in [0.5, 0.6) is 0 Å². The molecule has 4 nitrogen and oxygen atoms in total. The molecule has 0 heterocycles. The van der Waals surface area contributed by atoms with Crippen molar-refractivity contribution in [3.63, 3.8) is 0 Å². The molecule has 0 radical (unpaired) electrons. The summed E-state index contributed by atoms with van der Waals surface area (Å²) in [7, 11) is 0. The molecule has 0 aromatic heterocycles. The van der Waals surface area contributed by atoms with Crippen LogP contribution in [0.2, 0.25) is 0 Å². The molecule has 0 aliphatic rings. The van der Waals surface area contributed by atoms with Crippen LogP contribution in [0.4, 0.5) is 0 Å². The molecule has 0 spiro atoms. The molecule has 0 unspecified atom stereocenters. The average Bonchev–Trinajstić information content (AvgIpc) is 2.04. The van der Waals surface area contributed by atoms with Gasteiger partial charge in [0.2, 0.25) is 5.91 Å². The van der Waals surface area contributed by atoms with Crippen LogP contribution in [0.1, 0.15) is 13.3 Å². The van der Waals surface area contributed by atoms with Gasteiger partial charge < -0.3 is 15.2 Å². The summed E-state index contributed by atoms with van der Waals surface area (Å²) in [4.78, 5) is 10.4. The van der Waals surface area contributed by atoms with Gasteiger partial charge in [0.15, 0.2) is 0 Å². The van der Waals surface area contributed by atoms with Gasteiger partial charge in [0.05, 0.1) is 0 Å². The van der Waals surface area contributed by atoms with E-state index in [0.29, 0.717) is 19.8 Å². The van der Waals surface area contributed by atoms with Crippen LogP contribution < -0.4 is 5.32 Å². The highest BCUT2D eigenvalue weighted by atomic mass is 16.5. The second-order valence-corrected chi connectivity index (χ2v) is 2.06. The van der Waals surface area contributed by atoms with Crippen LogP contribution >= 0.6 is 0 Å². The van der Waals surface area contributed by atoms with Crippen LogP contribution in [0.3, 0.4) is 0 Å². The van der Waals surface area contributed by atoms with Crippen LogP contribution in [0.15, 0.2) is 0 Å². The normalized spacial score (nSPS) is 9.64. The van der Waals surface area contributed by atoms with Crippen LogP contribution in [0.25, 0.3) is 0 Å². The number of aliphatic hydroxyl groups is 1. The van der Waals surface area contributed by atoms with E-state index in [1.165, 1.54) is 0 Å². The summed E-state index contributed by atoms with van der Waals surface area (Å²) in [5, 5.41) is 10.8. The molecule has 0 rings (SSSR count). The fourth-order valence-electron chi connectivity index (χ4n) is 0.602. The summed E-state index contributed by atoms with van der Waals surface area (Å²) < 4.78 is 5.04. The summed E-state index contributed by atoms with van der Waals surface area (Å²) in [6, 6.07) is 0. The smallest absolute Gasteiger partial charge is 0.245 e. The van der Waals surface area contributed by atoms with Gasteiger partial charge in [0, 0.05) is 19.8 Å². The van der Waals surface area contributed by atoms with E-state index in [1.54, 1.807) is 0 Å². The lowest BCUT2D eigenvalue weighted by atomic mass is 10.4. The second-order valence-electron chi connectivity index (χ2n) is 2.06. The Morgan fingerprint density at radius 3 is 2.91 bits per heavy atom. The highest BCUT2D eigenvalue weighted by Crippen LogP contribution is 1.79. The van der Waals surface area contributed by atoms with Gasteiger partial charge in [-0.15, -0.1) is 0 Å². The second kappa shape index (κ2) is 7.50. The number of carbonyl (C=O) groups excluding carboxylic acids is 1. The number of ether oxygens (including phenoxy) is 1. The Hall–Kier alpha value is -0.610. The topological polar surface area (TPSA) is 58.6 Å². The highest BCUT2D eigenvalue weighted by molar-refractivity contribution is 5.76. The first-order valence-corrected chi connectivity index (χ1v) is 3.76. The molecule has 66 valence electrons. The molecule has 0 saturated heterocycles. The van der Waals surface area contributed by atoms with Gasteiger partial charge in [0.25, 0.3) is 0 Å². The zero-order valence-corrected chi connectivity index (χ0v) is 6.80. The predicted octanol–water partition coefficient (Wildman–Crippen LogP) is -0.479. The molecular formula is C7H15NO3. The molecule has 0 fully saturated rings. The molecule has 4 heteroatoms. The Morgan fingerprint density at radius 2 is 2.36 bits per heavy atom. The van der Waals surface area contributed by atoms with Crippen molar-refractivity contribution in [1.29, 1.82) is 0 Å². The monoisotopic (exact) mass is 161 g/mol. The van der Waals surface area contributed by atoms with E-state index < -0.39 is 6.61 Å². The fourth-order valence-corrected chi connectivity index (χ4v) is 0.602. The van der Waals surface area contributed by atoms with Gasteiger partial charge in [-0.25, -0.2) is 0 Å². The quantitative estimate of drug-likeness (QED) is 0.517. The lowest BCUT2D eigenvalue weighted by Gasteiger charge is -2.02. The largest absolute Gasteiger partial charge is 0.387 e. The van der Waals surface area contributed by atoms with E-state index in [1.807, 2.05) is 6.92 Å². The zero-order chi connectivity index (χ0) is 8.53. The van der Waals surface area contributed by atoms with E-state index in [-0.39, 0.29) is 5.91 Å². The third-order valence-electron chi connectivity index (χ3n) is 1.14. The Bertz CT molecular complexity index is 106. The van der Waals surface area contributed by atoms with Gasteiger partial charge in [-0.3, -0.25) is 4.79 Å². The Balaban J connectivity index is 2.95. The van der Waals surface area contributed by atoms with Crippen molar-refractivity contribution in [1.82, 2.24) is 5.32 Å². The standard InChI is InChI=1S/C7H15NO3/c1-2-11-5-3-4-8-7(10)6-9/h9H,2-6H2,1H3,(H,8,10). The van der Waals surface area contributed by atoms with Gasteiger partial charge in [-0.1, -0.05) is 0 Å². The third-order valence-corrected chi connectivity index (χ3v) is 1.14. The molecule has 1 amide bonds. The minimum atomic E-state index is -0.436. The van der Waals surface area contributed by atoms with Gasteiger partial charge in [0.1, 0.15) is 6.61 Å². The molecule has 0 aromatic rings. The Morgan fingerprint density at radius 1 is 1.64 bits per heavy atom. The van der Waals surface area contributed by atoms with Gasteiger partial charge in [-0.2, -0.15) is 0 Å². The third kappa shape index (κ3) is 7.29. The Kier molecular flexibility index (Phi) is 7.08. The minimum absolute atomic E-state index is 0.332. The summed E-state index contributed by atoms with van der Waals surface area (Å²) in [6.07, 6.45) is 0.791. The lowest BCUT2D eigenvalue weighted by molar-refractivity contribution is -0.123. The van der Waals surface area contributed by atoms with Crippen molar-refractivity contribution in [2.75, 3.05) is 26.4 Å². The summed E-state index contributed by atoms with van der Waals surface area (Å²) in [6.45, 7) is 3.41. The number of amides is 1. The van der Waals surface area contributed by atoms with Crippen molar-refractivity contribution in [3.05, 3.63) is 0 Å². The first-order chi connectivity index (χ1) is 5.31. The van der Waals surface area contributed by atoms with Crippen molar-refractivity contribution in [3.8, 4) is 0 Å². The number of nitrogens with one attached hydrogen (secondary N) is 1. The fraction of sp³-hybridized carbons (Fsp3) is 0.857. The van der Waals surface area contributed by atoms with E-state index in [2.05, 4.69) is 5.32 Å². The molecule has 0 aliphatic heterocycles. The minimum Gasteiger partial charge on any atom is -0.387 e. The van der Waals surface area contributed by atoms with Crippen LogP contribution in [-0.4, -0.2) is 37.4 Å². The first kappa shape index (κ1) is 10.4. The number of carbonyl (C=O) groups is 1. The summed E-state index contributed by atoms with van der Waals surface area (Å²) in [5.41, 5.74) is 0. The van der Waals surface area contributed by atoms with Crippen molar-refractivity contribution in [2.24, 2.45) is 0 Å². The number of hydrogen-bond acceptors (Lipinski definition) is 3. The summed E-state index contributed by atoms with van der Waals surface area (Å²) >= 11 is 0. The molecule has 0 aromatic carbocycles. The van der Waals surface area contributed by atoms with Crippen molar-refractivity contribution < 1.29 is 14.6 Å². The predicted molar refractivity (Wildman–Crippen MR) is 41.2 cm³/mol. The molecular weight excluding hydrogens is 146 g/mol. The van der Waals surface area contributed by atoms with E-state index in [9.17, 15) is 4.79 Å². The van der Waals surface area contributed by atoms with Crippen molar-refractivity contribution in [2.45, 2.75) is 13.3 Å². The molecule has 0 atom stereocenters. The highest BCUT2D eigenvalue weighted by Gasteiger charge is 1.94. The maximum absolute atomic E-state index is 10.4. The first-order valence-electron chi connectivity index (χ1n) is 3.76. The Labute approximate surface area is 66.5 Å². The van der Waals surface area contributed by atoms with Gasteiger partial charge >= 0.3 is 0 Å². The number of hydrogen-bond donors (Lipinski definition) is 2. The molecule has 11 heavy (non-hydrogen) atoms. The molecule has 2 N–H and O–H groups in total. The zero-order valence-electron chi connectivity index (χ0n) is 6.80. The molecule has 0 saturated carbocycles. The SMILES string of the molecule is CCOCCCNC(=O)CO. The van der Waals surface area contributed by atoms with E-state index in [4.69, 9.17) is 9.84 Å². The molecule has 0 aliphatic carbocycles. The number of aliphatic hydroxyl groups excluding tert-OH is 1. The van der Waals surface area contributed by atoms with Crippen LogP contribution in [0, 0.1) is 0 Å². The van der Waals surface area contributed by atoms with Crippen molar-refractivity contribution >= 4 is 5.91 Å². The maximum atomic E-state index is 10.4. The van der Waals surface area contributed by atoms with Crippen LogP contribution in [-0.2, 0) is 9.53 Å². The van der Waals surface area contributed by atoms with E-state index in [0.717, 1.165) is 6.42 Å². The average molecular weight is 161 g/mol. The maximum Gasteiger partial charge on any atom is 0.245 e. The number of rotatable bonds is 6. The van der Waals surface area contributed by atoms with E-state index >= 15 is 0 Å². The molecule has 0 bridgehead atoms. The van der Waals surface area contributed by atoms with Gasteiger partial charge in [-0.05, 0) is 13.3 Å². The summed E-state index contributed by atoms with van der Waals surface area (Å²) in [5.74, 6) is -0.332. The lowest BCUT2D eigenvalue weighted by Crippen LogP contribution is -2.27.